The van der Waals surface area contributed by atoms with Crippen molar-refractivity contribution in [3.05, 3.63) is 40.3 Å². The Kier molecular flexibility index (Phi) is 4.72. The predicted octanol–water partition coefficient (Wildman–Crippen LogP) is 2.70. The van der Waals surface area contributed by atoms with Crippen LogP contribution in [0, 0.1) is 6.92 Å². The van der Waals surface area contributed by atoms with E-state index in [1.54, 1.807) is 0 Å². The number of rotatable bonds is 4. The minimum absolute atomic E-state index is 0.152. The van der Waals surface area contributed by atoms with E-state index >= 15 is 0 Å². The van der Waals surface area contributed by atoms with Crippen molar-refractivity contribution in [3.63, 3.8) is 0 Å². The number of hydrogen-bond donors (Lipinski definition) is 0. The molecule has 130 valence electrons. The minimum atomic E-state index is -0.152. The Morgan fingerprint density at radius 1 is 1.42 bits per heavy atom. The fourth-order valence-corrected chi connectivity index (χ4v) is 4.71. The smallest absolute Gasteiger partial charge is 0.105 e. The fourth-order valence-electron chi connectivity index (χ4n) is 3.77. The molecule has 2 aromatic heterocycles. The Morgan fingerprint density at radius 3 is 3.17 bits per heavy atom. The molecule has 0 N–H and O–H groups in total. The Morgan fingerprint density at radius 2 is 2.38 bits per heavy atom. The van der Waals surface area contributed by atoms with Gasteiger partial charge < -0.3 is 9.47 Å². The summed E-state index contributed by atoms with van der Waals surface area (Å²) < 4.78 is 14.4. The maximum absolute atomic E-state index is 6.49. The van der Waals surface area contributed by atoms with E-state index < -0.39 is 0 Å². The van der Waals surface area contributed by atoms with Crippen LogP contribution in [0.4, 0.5) is 0 Å². The molecule has 0 amide bonds. The van der Waals surface area contributed by atoms with Gasteiger partial charge in [0, 0.05) is 41.8 Å². The summed E-state index contributed by atoms with van der Waals surface area (Å²) in [6.07, 6.45) is 6.21. The summed E-state index contributed by atoms with van der Waals surface area (Å²) in [5, 5.41) is 4.30. The summed E-state index contributed by atoms with van der Waals surface area (Å²) in [6.45, 7) is 7.43. The number of hydrogen-bond acceptors (Lipinski definition) is 5. The zero-order valence-corrected chi connectivity index (χ0v) is 15.0. The van der Waals surface area contributed by atoms with E-state index in [9.17, 15) is 0 Å². The summed E-state index contributed by atoms with van der Waals surface area (Å²) in [7, 11) is 0. The molecule has 4 rings (SSSR count). The molecule has 2 aromatic rings. The van der Waals surface area contributed by atoms with E-state index in [-0.39, 0.29) is 11.7 Å². The van der Waals surface area contributed by atoms with Gasteiger partial charge >= 0.3 is 0 Å². The summed E-state index contributed by atoms with van der Waals surface area (Å²) in [6, 6.07) is 6.41. The van der Waals surface area contributed by atoms with Crippen LogP contribution < -0.4 is 0 Å². The standard InChI is InChI=1S/C18H25N3O2S/c1-15-3-4-17(24-15)12-20-9-10-22-14-18(13-20)6-5-16(23-18)11-21-8-2-7-19-21/h2-4,7-8,16H,5-6,9-14H2,1H3/t16-,18-/m0/s1. The SMILES string of the molecule is Cc1ccc(CN2CCOC[C@]3(CC[C@@H](Cn4cccn4)O3)C2)s1. The molecule has 0 radical (unpaired) electrons. The second-order valence-corrected chi connectivity index (χ2v) is 8.34. The molecule has 24 heavy (non-hydrogen) atoms. The van der Waals surface area contributed by atoms with Crippen molar-refractivity contribution < 1.29 is 9.47 Å². The number of aromatic nitrogens is 2. The lowest BCUT2D eigenvalue weighted by Gasteiger charge is -2.31. The van der Waals surface area contributed by atoms with Gasteiger partial charge in [-0.15, -0.1) is 11.3 Å². The van der Waals surface area contributed by atoms with E-state index in [0.29, 0.717) is 6.61 Å². The molecular weight excluding hydrogens is 322 g/mol. The molecule has 0 aromatic carbocycles. The molecule has 4 heterocycles. The molecule has 2 atom stereocenters. The summed E-state index contributed by atoms with van der Waals surface area (Å²) in [4.78, 5) is 5.30. The van der Waals surface area contributed by atoms with Crippen LogP contribution in [0.25, 0.3) is 0 Å². The third kappa shape index (κ3) is 3.72. The molecule has 5 nitrogen and oxygen atoms in total. The van der Waals surface area contributed by atoms with E-state index in [2.05, 4.69) is 29.1 Å². The maximum atomic E-state index is 6.49. The number of aryl methyl sites for hydroxylation is 1. The van der Waals surface area contributed by atoms with Crippen molar-refractivity contribution in [1.82, 2.24) is 14.7 Å². The Labute approximate surface area is 147 Å². The molecular formula is C18H25N3O2S. The van der Waals surface area contributed by atoms with Crippen molar-refractivity contribution in [2.24, 2.45) is 0 Å². The minimum Gasteiger partial charge on any atom is -0.377 e. The van der Waals surface area contributed by atoms with Gasteiger partial charge in [0.1, 0.15) is 5.60 Å². The molecule has 6 heteroatoms. The van der Waals surface area contributed by atoms with E-state index in [1.807, 2.05) is 34.5 Å². The summed E-state index contributed by atoms with van der Waals surface area (Å²) >= 11 is 1.89. The third-order valence-corrected chi connectivity index (χ3v) is 5.88. The van der Waals surface area contributed by atoms with Crippen LogP contribution in [-0.2, 0) is 22.6 Å². The second kappa shape index (κ2) is 6.96. The molecule has 0 bridgehead atoms. The monoisotopic (exact) mass is 347 g/mol. The highest BCUT2D eigenvalue weighted by Gasteiger charge is 2.43. The van der Waals surface area contributed by atoms with Crippen molar-refractivity contribution in [2.45, 2.75) is 44.6 Å². The predicted molar refractivity (Wildman–Crippen MR) is 94.2 cm³/mol. The highest BCUT2D eigenvalue weighted by Crippen LogP contribution is 2.34. The van der Waals surface area contributed by atoms with Gasteiger partial charge in [-0.25, -0.2) is 0 Å². The average Bonchev–Trinajstić information content (AvgIpc) is 3.25. The van der Waals surface area contributed by atoms with E-state index in [0.717, 1.165) is 45.6 Å². The zero-order valence-electron chi connectivity index (χ0n) is 14.2. The molecule has 2 fully saturated rings. The van der Waals surface area contributed by atoms with Crippen LogP contribution in [0.2, 0.25) is 0 Å². The van der Waals surface area contributed by atoms with Crippen LogP contribution in [0.3, 0.4) is 0 Å². The lowest BCUT2D eigenvalue weighted by Crippen LogP contribution is -2.44. The van der Waals surface area contributed by atoms with E-state index in [1.165, 1.54) is 9.75 Å². The molecule has 2 saturated heterocycles. The van der Waals surface area contributed by atoms with Gasteiger partial charge in [-0.1, -0.05) is 0 Å². The molecule has 1 spiro atoms. The molecule has 0 aliphatic carbocycles. The first kappa shape index (κ1) is 16.3. The van der Waals surface area contributed by atoms with Gasteiger partial charge in [0.25, 0.3) is 0 Å². The largest absolute Gasteiger partial charge is 0.377 e. The highest BCUT2D eigenvalue weighted by atomic mass is 32.1. The van der Waals surface area contributed by atoms with Gasteiger partial charge in [-0.05, 0) is 38.0 Å². The fraction of sp³-hybridized carbons (Fsp3) is 0.611. The lowest BCUT2D eigenvalue weighted by atomic mass is 10.00. The van der Waals surface area contributed by atoms with Crippen molar-refractivity contribution in [1.29, 1.82) is 0 Å². The Bertz CT molecular complexity index is 657. The van der Waals surface area contributed by atoms with Crippen LogP contribution in [0.15, 0.2) is 30.6 Å². The van der Waals surface area contributed by atoms with Crippen molar-refractivity contribution >= 4 is 11.3 Å². The average molecular weight is 347 g/mol. The van der Waals surface area contributed by atoms with Crippen LogP contribution in [-0.4, -0.2) is 52.7 Å². The first-order chi connectivity index (χ1) is 11.7. The zero-order chi connectivity index (χ0) is 16.4. The van der Waals surface area contributed by atoms with Gasteiger partial charge in [-0.2, -0.15) is 5.10 Å². The van der Waals surface area contributed by atoms with Crippen molar-refractivity contribution in [2.75, 3.05) is 26.3 Å². The van der Waals surface area contributed by atoms with Gasteiger partial charge in [0.15, 0.2) is 0 Å². The number of nitrogens with zero attached hydrogens (tertiary/aromatic N) is 3. The highest BCUT2D eigenvalue weighted by molar-refractivity contribution is 7.11. The van der Waals surface area contributed by atoms with Crippen LogP contribution in [0.5, 0.6) is 0 Å². The summed E-state index contributed by atoms with van der Waals surface area (Å²) in [5.41, 5.74) is -0.152. The lowest BCUT2D eigenvalue weighted by molar-refractivity contribution is -0.0904. The topological polar surface area (TPSA) is 39.5 Å². The maximum Gasteiger partial charge on any atom is 0.105 e. The molecule has 0 saturated carbocycles. The third-order valence-electron chi connectivity index (χ3n) is 4.89. The van der Waals surface area contributed by atoms with Crippen LogP contribution >= 0.6 is 11.3 Å². The first-order valence-electron chi connectivity index (χ1n) is 8.71. The Balaban J connectivity index is 1.40. The van der Waals surface area contributed by atoms with Crippen LogP contribution in [0.1, 0.15) is 22.6 Å². The quantitative estimate of drug-likeness (QED) is 0.852. The van der Waals surface area contributed by atoms with E-state index in [4.69, 9.17) is 9.47 Å². The van der Waals surface area contributed by atoms with Gasteiger partial charge in [0.05, 0.1) is 25.9 Å². The Hall–Kier alpha value is -1.21. The van der Waals surface area contributed by atoms with Gasteiger partial charge in [0.2, 0.25) is 0 Å². The molecule has 2 aliphatic rings. The first-order valence-corrected chi connectivity index (χ1v) is 9.53. The normalized spacial score (nSPS) is 28.5. The number of thiophene rings is 1. The molecule has 2 aliphatic heterocycles. The van der Waals surface area contributed by atoms with Gasteiger partial charge in [-0.3, -0.25) is 9.58 Å². The summed E-state index contributed by atoms with van der Waals surface area (Å²) in [5.74, 6) is 0. The molecule has 0 unspecified atom stereocenters. The second-order valence-electron chi connectivity index (χ2n) is 6.97. The van der Waals surface area contributed by atoms with Crippen molar-refractivity contribution in [3.8, 4) is 0 Å². The number of ether oxygens (including phenoxy) is 2.